The first kappa shape index (κ1) is 18.1. The first-order valence-corrected chi connectivity index (χ1v) is 9.73. The molecule has 0 radical (unpaired) electrons. The maximum Gasteiger partial charge on any atom is 0.222 e. The molecule has 3 heterocycles. The van der Waals surface area contributed by atoms with Gasteiger partial charge in [-0.2, -0.15) is 0 Å². The minimum atomic E-state index is 0.273. The van der Waals surface area contributed by atoms with E-state index in [2.05, 4.69) is 28.6 Å². The molecule has 25 heavy (non-hydrogen) atoms. The van der Waals surface area contributed by atoms with Crippen molar-refractivity contribution in [3.8, 4) is 0 Å². The minimum absolute atomic E-state index is 0.273. The smallest absolute Gasteiger partial charge is 0.222 e. The van der Waals surface area contributed by atoms with Gasteiger partial charge in [-0.05, 0) is 19.9 Å². The fourth-order valence-electron chi connectivity index (χ4n) is 3.75. The molecule has 3 rings (SSSR count). The summed E-state index contributed by atoms with van der Waals surface area (Å²) in [4.78, 5) is 28.8. The zero-order valence-corrected chi connectivity index (χ0v) is 15.9. The van der Waals surface area contributed by atoms with Crippen LogP contribution in [0.15, 0.2) is 0 Å². The van der Waals surface area contributed by atoms with E-state index in [-0.39, 0.29) is 5.91 Å². The highest BCUT2D eigenvalue weighted by Crippen LogP contribution is 2.28. The molecule has 0 aromatic carbocycles. The molecule has 1 aromatic heterocycles. The summed E-state index contributed by atoms with van der Waals surface area (Å²) in [6, 6.07) is 0. The van der Waals surface area contributed by atoms with Crippen LogP contribution in [0.3, 0.4) is 0 Å². The Hall–Kier alpha value is -1.69. The summed E-state index contributed by atoms with van der Waals surface area (Å²) >= 11 is 0. The molecule has 0 aliphatic carbocycles. The summed E-state index contributed by atoms with van der Waals surface area (Å²) in [5, 5.41) is 0. The zero-order valence-electron chi connectivity index (χ0n) is 15.9. The van der Waals surface area contributed by atoms with Crippen LogP contribution in [0.4, 0.5) is 5.82 Å². The van der Waals surface area contributed by atoms with E-state index in [1.807, 2.05) is 11.8 Å². The maximum atomic E-state index is 12.5. The lowest BCUT2D eigenvalue weighted by atomic mass is 10.0. The van der Waals surface area contributed by atoms with E-state index in [1.165, 1.54) is 5.56 Å². The number of nitrogens with zero attached hydrogens (tertiary/aromatic N) is 5. The van der Waals surface area contributed by atoms with E-state index in [4.69, 9.17) is 4.98 Å². The number of carbonyl (C=O) groups is 1. The lowest BCUT2D eigenvalue weighted by Gasteiger charge is -2.37. The monoisotopic (exact) mass is 345 g/mol. The van der Waals surface area contributed by atoms with Gasteiger partial charge < -0.3 is 14.7 Å². The van der Waals surface area contributed by atoms with Crippen LogP contribution in [0, 0.1) is 6.92 Å². The second-order valence-electron chi connectivity index (χ2n) is 7.11. The second kappa shape index (κ2) is 8.13. The van der Waals surface area contributed by atoms with Gasteiger partial charge in [0.1, 0.15) is 11.6 Å². The number of piperazine rings is 1. The quantitative estimate of drug-likeness (QED) is 0.817. The minimum Gasteiger partial charge on any atom is -0.354 e. The van der Waals surface area contributed by atoms with Crippen molar-refractivity contribution in [3.05, 3.63) is 17.1 Å². The van der Waals surface area contributed by atoms with Crippen molar-refractivity contribution in [3.63, 3.8) is 0 Å². The predicted octanol–water partition coefficient (Wildman–Crippen LogP) is 2.00. The number of hydrogen-bond acceptors (Lipinski definition) is 5. The van der Waals surface area contributed by atoms with Gasteiger partial charge in [0.25, 0.3) is 0 Å². The fraction of sp³-hybridized carbons (Fsp3) is 0.737. The molecule has 2 aliphatic heterocycles. The Morgan fingerprint density at radius 2 is 1.84 bits per heavy atom. The van der Waals surface area contributed by atoms with E-state index in [9.17, 15) is 4.79 Å². The van der Waals surface area contributed by atoms with Crippen molar-refractivity contribution in [1.29, 1.82) is 0 Å². The van der Waals surface area contributed by atoms with E-state index in [0.29, 0.717) is 13.0 Å². The van der Waals surface area contributed by atoms with Crippen LogP contribution >= 0.6 is 0 Å². The number of fused-ring (bicyclic) bond motifs is 1. The number of carbonyl (C=O) groups excluding carboxylic acids is 1. The number of aryl methyl sites for hydroxylation is 1. The van der Waals surface area contributed by atoms with Crippen molar-refractivity contribution in [2.75, 3.05) is 44.2 Å². The van der Waals surface area contributed by atoms with Gasteiger partial charge in [0.15, 0.2) is 0 Å². The first-order valence-electron chi connectivity index (χ1n) is 9.73. The van der Waals surface area contributed by atoms with Gasteiger partial charge in [-0.25, -0.2) is 9.97 Å². The van der Waals surface area contributed by atoms with E-state index >= 15 is 0 Å². The van der Waals surface area contributed by atoms with Crippen LogP contribution in [0.2, 0.25) is 0 Å². The number of likely N-dealkylation sites (N-methyl/N-ethyl adjacent to an activating group) is 1. The van der Waals surface area contributed by atoms with E-state index < -0.39 is 0 Å². The highest BCUT2D eigenvalue weighted by molar-refractivity contribution is 5.76. The summed E-state index contributed by atoms with van der Waals surface area (Å²) in [7, 11) is 0. The van der Waals surface area contributed by atoms with Gasteiger partial charge in [-0.3, -0.25) is 4.79 Å². The lowest BCUT2D eigenvalue weighted by Crippen LogP contribution is -2.47. The fourth-order valence-corrected chi connectivity index (χ4v) is 3.75. The Labute approximate surface area is 151 Å². The average molecular weight is 345 g/mol. The molecule has 1 saturated heterocycles. The van der Waals surface area contributed by atoms with Crippen LogP contribution in [-0.4, -0.2) is 64.9 Å². The largest absolute Gasteiger partial charge is 0.354 e. The van der Waals surface area contributed by atoms with Crippen LogP contribution in [-0.2, 0) is 17.8 Å². The van der Waals surface area contributed by atoms with Gasteiger partial charge >= 0.3 is 0 Å². The topological polar surface area (TPSA) is 52.6 Å². The van der Waals surface area contributed by atoms with Gasteiger partial charge in [0, 0.05) is 51.1 Å². The molecule has 1 aromatic rings. The Morgan fingerprint density at radius 1 is 1.08 bits per heavy atom. The van der Waals surface area contributed by atoms with Crippen molar-refractivity contribution in [2.24, 2.45) is 0 Å². The Morgan fingerprint density at radius 3 is 2.52 bits per heavy atom. The van der Waals surface area contributed by atoms with E-state index in [1.54, 1.807) is 0 Å². The molecule has 0 bridgehead atoms. The highest BCUT2D eigenvalue weighted by atomic mass is 16.2. The number of rotatable bonds is 5. The molecule has 138 valence electrons. The Kier molecular flexibility index (Phi) is 5.89. The number of hydrogen-bond donors (Lipinski definition) is 0. The number of unbranched alkanes of at least 4 members (excludes halogenated alkanes) is 1. The van der Waals surface area contributed by atoms with Crippen molar-refractivity contribution < 1.29 is 4.79 Å². The molecule has 0 atom stereocenters. The Bertz CT molecular complexity index is 610. The number of amides is 1. The van der Waals surface area contributed by atoms with Gasteiger partial charge in [0.2, 0.25) is 5.91 Å². The average Bonchev–Trinajstić information content (AvgIpc) is 2.65. The normalized spacial score (nSPS) is 18.4. The molecule has 1 amide bonds. The summed E-state index contributed by atoms with van der Waals surface area (Å²) in [6.07, 6.45) is 3.53. The molecule has 1 fully saturated rings. The van der Waals surface area contributed by atoms with Crippen LogP contribution < -0.4 is 4.90 Å². The molecule has 2 aliphatic rings. The zero-order chi connectivity index (χ0) is 17.8. The maximum absolute atomic E-state index is 12.5. The van der Waals surface area contributed by atoms with Crippen LogP contribution in [0.25, 0.3) is 0 Å². The second-order valence-corrected chi connectivity index (χ2v) is 7.11. The number of anilines is 1. The van der Waals surface area contributed by atoms with Gasteiger partial charge in [-0.15, -0.1) is 0 Å². The Balaban J connectivity index is 1.79. The lowest BCUT2D eigenvalue weighted by molar-refractivity contribution is -0.132. The third-order valence-corrected chi connectivity index (χ3v) is 5.37. The van der Waals surface area contributed by atoms with E-state index in [0.717, 1.165) is 75.9 Å². The third-order valence-electron chi connectivity index (χ3n) is 5.37. The molecule has 6 heteroatoms. The summed E-state index contributed by atoms with van der Waals surface area (Å²) < 4.78 is 0. The van der Waals surface area contributed by atoms with Gasteiger partial charge in [-0.1, -0.05) is 20.3 Å². The standard InChI is InChI=1S/C19H31N5O/c1-4-6-7-18(25)24-9-8-17-16(14-24)19(21-15(3)20-17)23-12-10-22(5-2)11-13-23/h4-14H2,1-3H3. The van der Waals surface area contributed by atoms with Crippen molar-refractivity contribution in [1.82, 2.24) is 19.8 Å². The first-order chi connectivity index (χ1) is 12.1. The molecule has 0 unspecified atom stereocenters. The molecule has 6 nitrogen and oxygen atoms in total. The molecule has 0 N–H and O–H groups in total. The molecular weight excluding hydrogens is 314 g/mol. The SMILES string of the molecule is CCCCC(=O)N1CCc2nc(C)nc(N3CCN(CC)CC3)c2C1. The summed E-state index contributed by atoms with van der Waals surface area (Å²) in [5.74, 6) is 2.18. The number of aromatic nitrogens is 2. The summed E-state index contributed by atoms with van der Waals surface area (Å²) in [5.41, 5.74) is 2.31. The summed E-state index contributed by atoms with van der Waals surface area (Å²) in [6.45, 7) is 13.0. The molecule has 0 saturated carbocycles. The molecular formula is C19H31N5O. The third kappa shape index (κ3) is 4.11. The van der Waals surface area contributed by atoms with Crippen LogP contribution in [0.1, 0.15) is 50.2 Å². The van der Waals surface area contributed by atoms with Crippen molar-refractivity contribution in [2.45, 2.75) is 53.0 Å². The highest BCUT2D eigenvalue weighted by Gasteiger charge is 2.28. The van der Waals surface area contributed by atoms with Gasteiger partial charge in [0.05, 0.1) is 12.2 Å². The van der Waals surface area contributed by atoms with Crippen LogP contribution in [0.5, 0.6) is 0 Å². The predicted molar refractivity (Wildman–Crippen MR) is 99.7 cm³/mol. The molecule has 0 spiro atoms. The van der Waals surface area contributed by atoms with Crippen molar-refractivity contribution >= 4 is 11.7 Å².